The minimum Gasteiger partial charge on any atom is -0.478 e. The highest BCUT2D eigenvalue weighted by Gasteiger charge is 2.06. The average Bonchev–Trinajstić information content (AvgIpc) is 2.60. The number of aromatic nitrogens is 1. The number of rotatable bonds is 12. The SMILES string of the molecule is CCOC(=O)CCCCCCNC(=O)NCc1cccnc1OCC. The number of ether oxygens (including phenoxy) is 2. The third kappa shape index (κ3) is 9.54. The fourth-order valence-electron chi connectivity index (χ4n) is 2.25. The molecule has 1 rings (SSSR count). The lowest BCUT2D eigenvalue weighted by Gasteiger charge is -2.10. The molecule has 0 aliphatic heterocycles. The van der Waals surface area contributed by atoms with Crippen LogP contribution in [0.2, 0.25) is 0 Å². The van der Waals surface area contributed by atoms with E-state index in [-0.39, 0.29) is 12.0 Å². The van der Waals surface area contributed by atoms with Gasteiger partial charge in [0.1, 0.15) is 0 Å². The van der Waals surface area contributed by atoms with Crippen LogP contribution in [0.15, 0.2) is 18.3 Å². The highest BCUT2D eigenvalue weighted by atomic mass is 16.5. The van der Waals surface area contributed by atoms with Gasteiger partial charge in [0.05, 0.1) is 13.2 Å². The molecule has 0 fully saturated rings. The molecular weight excluding hydrogens is 322 g/mol. The molecule has 0 saturated heterocycles. The lowest BCUT2D eigenvalue weighted by atomic mass is 10.1. The van der Waals surface area contributed by atoms with Crippen molar-refractivity contribution >= 4 is 12.0 Å². The molecule has 0 saturated carbocycles. The van der Waals surface area contributed by atoms with Gasteiger partial charge in [-0.25, -0.2) is 9.78 Å². The number of pyridine rings is 1. The molecule has 0 aliphatic carbocycles. The van der Waals surface area contributed by atoms with Crippen LogP contribution in [0.5, 0.6) is 5.88 Å². The molecule has 25 heavy (non-hydrogen) atoms. The van der Waals surface area contributed by atoms with Gasteiger partial charge in [-0.2, -0.15) is 0 Å². The van der Waals surface area contributed by atoms with Gasteiger partial charge in [0.2, 0.25) is 5.88 Å². The number of urea groups is 1. The molecule has 7 heteroatoms. The topological polar surface area (TPSA) is 89.5 Å². The first kappa shape index (κ1) is 20.7. The molecule has 0 unspecified atom stereocenters. The summed E-state index contributed by atoms with van der Waals surface area (Å²) >= 11 is 0. The largest absolute Gasteiger partial charge is 0.478 e. The molecule has 1 aromatic heterocycles. The molecule has 1 aromatic rings. The number of hydrogen-bond acceptors (Lipinski definition) is 5. The predicted octanol–water partition coefficient (Wildman–Crippen LogP) is 2.79. The first-order chi connectivity index (χ1) is 12.2. The Balaban J connectivity index is 2.09. The molecule has 2 amide bonds. The zero-order chi connectivity index (χ0) is 18.3. The molecule has 7 nitrogen and oxygen atoms in total. The smallest absolute Gasteiger partial charge is 0.315 e. The van der Waals surface area contributed by atoms with Crippen molar-refractivity contribution in [2.24, 2.45) is 0 Å². The Morgan fingerprint density at radius 1 is 1.08 bits per heavy atom. The molecule has 2 N–H and O–H groups in total. The average molecular weight is 351 g/mol. The lowest BCUT2D eigenvalue weighted by molar-refractivity contribution is -0.143. The summed E-state index contributed by atoms with van der Waals surface area (Å²) in [6.07, 6.45) is 5.76. The molecule has 0 atom stereocenters. The number of carbonyl (C=O) groups excluding carboxylic acids is 2. The van der Waals surface area contributed by atoms with Crippen molar-refractivity contribution in [3.8, 4) is 5.88 Å². The van der Waals surface area contributed by atoms with Gasteiger partial charge in [-0.1, -0.05) is 18.9 Å². The van der Waals surface area contributed by atoms with Crippen molar-refractivity contribution in [2.75, 3.05) is 19.8 Å². The first-order valence-corrected chi connectivity index (χ1v) is 8.91. The van der Waals surface area contributed by atoms with Crippen LogP contribution < -0.4 is 15.4 Å². The maximum Gasteiger partial charge on any atom is 0.315 e. The van der Waals surface area contributed by atoms with Crippen molar-refractivity contribution in [2.45, 2.75) is 52.5 Å². The van der Waals surface area contributed by atoms with Gasteiger partial charge in [-0.15, -0.1) is 0 Å². The minimum absolute atomic E-state index is 0.137. The fraction of sp³-hybridized carbons (Fsp3) is 0.611. The Hall–Kier alpha value is -2.31. The second-order valence-electron chi connectivity index (χ2n) is 5.48. The van der Waals surface area contributed by atoms with E-state index in [0.29, 0.717) is 38.6 Å². The van der Waals surface area contributed by atoms with Crippen molar-refractivity contribution in [1.82, 2.24) is 15.6 Å². The summed E-state index contributed by atoms with van der Waals surface area (Å²) in [7, 11) is 0. The summed E-state index contributed by atoms with van der Waals surface area (Å²) in [4.78, 5) is 27.1. The summed E-state index contributed by atoms with van der Waals surface area (Å²) in [5, 5.41) is 5.62. The third-order valence-electron chi connectivity index (χ3n) is 3.47. The summed E-state index contributed by atoms with van der Waals surface area (Å²) in [6.45, 7) is 5.65. The summed E-state index contributed by atoms with van der Waals surface area (Å²) in [5.41, 5.74) is 0.846. The Bertz CT molecular complexity index is 523. The Morgan fingerprint density at radius 2 is 1.88 bits per heavy atom. The summed E-state index contributed by atoms with van der Waals surface area (Å²) < 4.78 is 10.3. The summed E-state index contributed by atoms with van der Waals surface area (Å²) in [5.74, 6) is 0.411. The molecule has 0 spiro atoms. The van der Waals surface area contributed by atoms with Crippen LogP contribution in [0.25, 0.3) is 0 Å². The van der Waals surface area contributed by atoms with E-state index >= 15 is 0 Å². The van der Waals surface area contributed by atoms with Gasteiger partial charge in [-0.3, -0.25) is 4.79 Å². The Kier molecular flexibility index (Phi) is 10.8. The number of nitrogens with one attached hydrogen (secondary N) is 2. The van der Waals surface area contributed by atoms with Crippen molar-refractivity contribution in [1.29, 1.82) is 0 Å². The second-order valence-corrected chi connectivity index (χ2v) is 5.48. The van der Waals surface area contributed by atoms with E-state index in [1.165, 1.54) is 0 Å². The van der Waals surface area contributed by atoms with E-state index in [1.807, 2.05) is 19.1 Å². The molecular formula is C18H29N3O4. The van der Waals surface area contributed by atoms with Gasteiger partial charge >= 0.3 is 12.0 Å². The molecule has 0 aromatic carbocycles. The van der Waals surface area contributed by atoms with E-state index in [2.05, 4.69) is 15.6 Å². The Labute approximate surface area is 149 Å². The van der Waals surface area contributed by atoms with Gasteiger partial charge in [0.25, 0.3) is 0 Å². The molecule has 0 bridgehead atoms. The highest BCUT2D eigenvalue weighted by Crippen LogP contribution is 2.13. The van der Waals surface area contributed by atoms with Crippen LogP contribution in [0, 0.1) is 0 Å². The maximum atomic E-state index is 11.8. The standard InChI is InChI=1S/C18H29N3O4/c1-3-24-16(22)11-7-5-6-8-12-20-18(23)21-14-15-10-9-13-19-17(15)25-4-2/h9-10,13H,3-8,11-12,14H2,1-2H3,(H2,20,21,23). The lowest BCUT2D eigenvalue weighted by Crippen LogP contribution is -2.35. The fourth-order valence-corrected chi connectivity index (χ4v) is 2.25. The van der Waals surface area contributed by atoms with Gasteiger partial charge in [0.15, 0.2) is 0 Å². The predicted molar refractivity (Wildman–Crippen MR) is 95.4 cm³/mol. The number of hydrogen-bond donors (Lipinski definition) is 2. The van der Waals surface area contributed by atoms with Crippen LogP contribution in [0.4, 0.5) is 4.79 Å². The van der Waals surface area contributed by atoms with Gasteiger partial charge < -0.3 is 20.1 Å². The minimum atomic E-state index is -0.210. The maximum absolute atomic E-state index is 11.8. The van der Waals surface area contributed by atoms with Gasteiger partial charge in [-0.05, 0) is 32.8 Å². The Morgan fingerprint density at radius 3 is 2.64 bits per heavy atom. The number of unbranched alkanes of at least 4 members (excludes halogenated alkanes) is 3. The normalized spacial score (nSPS) is 10.2. The van der Waals surface area contributed by atoms with E-state index in [4.69, 9.17) is 9.47 Å². The first-order valence-electron chi connectivity index (χ1n) is 8.91. The quantitative estimate of drug-likeness (QED) is 0.446. The van der Waals surface area contributed by atoms with Crippen molar-refractivity contribution in [3.63, 3.8) is 0 Å². The van der Waals surface area contributed by atoms with E-state index < -0.39 is 0 Å². The van der Waals surface area contributed by atoms with Crippen LogP contribution in [-0.4, -0.2) is 36.7 Å². The van der Waals surface area contributed by atoms with Crippen molar-refractivity contribution < 1.29 is 19.1 Å². The number of nitrogens with zero attached hydrogens (tertiary/aromatic N) is 1. The zero-order valence-electron chi connectivity index (χ0n) is 15.2. The molecule has 1 heterocycles. The van der Waals surface area contributed by atoms with Gasteiger partial charge in [0, 0.05) is 31.3 Å². The van der Waals surface area contributed by atoms with Crippen LogP contribution in [-0.2, 0) is 16.1 Å². The molecule has 0 aliphatic rings. The van der Waals surface area contributed by atoms with E-state index in [0.717, 1.165) is 31.2 Å². The van der Waals surface area contributed by atoms with Crippen LogP contribution >= 0.6 is 0 Å². The number of carbonyl (C=O) groups is 2. The molecule has 140 valence electrons. The third-order valence-corrected chi connectivity index (χ3v) is 3.47. The number of esters is 1. The second kappa shape index (κ2) is 13.0. The van der Waals surface area contributed by atoms with E-state index in [1.54, 1.807) is 13.1 Å². The summed E-state index contributed by atoms with van der Waals surface area (Å²) in [6, 6.07) is 3.48. The van der Waals surface area contributed by atoms with Crippen molar-refractivity contribution in [3.05, 3.63) is 23.9 Å². The zero-order valence-corrected chi connectivity index (χ0v) is 15.2. The van der Waals surface area contributed by atoms with Crippen LogP contribution in [0.1, 0.15) is 51.5 Å². The van der Waals surface area contributed by atoms with E-state index in [9.17, 15) is 9.59 Å². The van der Waals surface area contributed by atoms with Crippen LogP contribution in [0.3, 0.4) is 0 Å². The monoisotopic (exact) mass is 351 g/mol. The highest BCUT2D eigenvalue weighted by molar-refractivity contribution is 5.73. The molecule has 0 radical (unpaired) electrons. The number of amides is 2.